The summed E-state index contributed by atoms with van der Waals surface area (Å²) in [5.74, 6) is 1.17. The van der Waals surface area contributed by atoms with Crippen LogP contribution >= 0.6 is 0 Å². The van der Waals surface area contributed by atoms with Gasteiger partial charge in [-0.25, -0.2) is 0 Å². The van der Waals surface area contributed by atoms with Crippen molar-refractivity contribution >= 4 is 11.8 Å². The summed E-state index contributed by atoms with van der Waals surface area (Å²) in [5.41, 5.74) is 0.732. The van der Waals surface area contributed by atoms with Crippen molar-refractivity contribution in [2.75, 3.05) is 13.6 Å². The Morgan fingerprint density at radius 3 is 2.60 bits per heavy atom. The van der Waals surface area contributed by atoms with Gasteiger partial charge in [-0.2, -0.15) is 0 Å². The van der Waals surface area contributed by atoms with Crippen molar-refractivity contribution in [3.05, 3.63) is 29.8 Å². The molecule has 2 amide bonds. The maximum Gasteiger partial charge on any atom is 0.222 e. The first kappa shape index (κ1) is 17.8. The molecule has 0 aromatic heterocycles. The molecule has 1 fully saturated rings. The van der Waals surface area contributed by atoms with E-state index in [9.17, 15) is 9.59 Å². The first-order chi connectivity index (χ1) is 11.9. The number of hydrogen-bond acceptors (Lipinski definition) is 3. The molecular weight excluding hydrogens is 316 g/mol. The minimum Gasteiger partial charge on any atom is -0.485 e. The minimum absolute atomic E-state index is 0.107. The normalized spacial score (nSPS) is 25.7. The molecular formula is C20H28N2O3. The second kappa shape index (κ2) is 7.06. The Balaban J connectivity index is 1.83. The maximum atomic E-state index is 12.4. The van der Waals surface area contributed by atoms with Crippen molar-refractivity contribution < 1.29 is 14.3 Å². The van der Waals surface area contributed by atoms with E-state index in [0.29, 0.717) is 19.5 Å². The van der Waals surface area contributed by atoms with Gasteiger partial charge in [-0.3, -0.25) is 9.59 Å². The molecule has 0 radical (unpaired) electrons. The zero-order valence-corrected chi connectivity index (χ0v) is 15.5. The molecule has 5 heteroatoms. The Bertz CT molecular complexity index is 650. The monoisotopic (exact) mass is 344 g/mol. The molecule has 1 heterocycles. The van der Waals surface area contributed by atoms with E-state index < -0.39 is 0 Å². The van der Waals surface area contributed by atoms with Crippen LogP contribution in [-0.4, -0.2) is 46.8 Å². The topological polar surface area (TPSA) is 49.9 Å². The van der Waals surface area contributed by atoms with Gasteiger partial charge in [-0.15, -0.1) is 0 Å². The third-order valence-electron chi connectivity index (χ3n) is 5.71. The van der Waals surface area contributed by atoms with E-state index in [1.54, 1.807) is 6.92 Å². The first-order valence-electron chi connectivity index (χ1n) is 9.22. The molecule has 0 atom stereocenters. The van der Waals surface area contributed by atoms with E-state index in [1.165, 1.54) is 0 Å². The van der Waals surface area contributed by atoms with Crippen LogP contribution in [0.2, 0.25) is 0 Å². The second-order valence-corrected chi connectivity index (χ2v) is 7.36. The van der Waals surface area contributed by atoms with Crippen molar-refractivity contribution in [1.82, 2.24) is 9.80 Å². The highest BCUT2D eigenvalue weighted by atomic mass is 16.5. The fourth-order valence-corrected chi connectivity index (χ4v) is 4.04. The minimum atomic E-state index is -0.342. The summed E-state index contributed by atoms with van der Waals surface area (Å²) in [6.07, 6.45) is 4.04. The van der Waals surface area contributed by atoms with Gasteiger partial charge in [0.1, 0.15) is 11.4 Å². The highest BCUT2D eigenvalue weighted by Crippen LogP contribution is 2.39. The summed E-state index contributed by atoms with van der Waals surface area (Å²) < 4.78 is 6.50. The lowest BCUT2D eigenvalue weighted by Gasteiger charge is -2.43. The number of carbonyl (C=O) groups excluding carboxylic acids is 2. The van der Waals surface area contributed by atoms with Crippen molar-refractivity contribution in [1.29, 1.82) is 0 Å². The zero-order chi connectivity index (χ0) is 18.0. The summed E-state index contributed by atoms with van der Waals surface area (Å²) in [5, 5.41) is 0. The molecule has 1 saturated carbocycles. The van der Waals surface area contributed by atoms with Crippen molar-refractivity contribution in [2.45, 2.75) is 64.1 Å². The predicted molar refractivity (Wildman–Crippen MR) is 96.2 cm³/mol. The molecule has 0 saturated heterocycles. The van der Waals surface area contributed by atoms with Crippen LogP contribution in [-0.2, 0) is 16.1 Å². The third kappa shape index (κ3) is 3.65. The number of rotatable bonds is 2. The van der Waals surface area contributed by atoms with Gasteiger partial charge in [-0.05, 0) is 31.7 Å². The van der Waals surface area contributed by atoms with Gasteiger partial charge < -0.3 is 14.5 Å². The van der Waals surface area contributed by atoms with E-state index >= 15 is 0 Å². The summed E-state index contributed by atoms with van der Waals surface area (Å²) in [7, 11) is 1.88. The van der Waals surface area contributed by atoms with E-state index in [2.05, 4.69) is 0 Å². The van der Waals surface area contributed by atoms with E-state index in [-0.39, 0.29) is 23.5 Å². The van der Waals surface area contributed by atoms with Crippen LogP contribution in [0.5, 0.6) is 5.75 Å². The van der Waals surface area contributed by atoms with Gasteiger partial charge in [0, 0.05) is 38.5 Å². The van der Waals surface area contributed by atoms with Crippen LogP contribution in [0.1, 0.15) is 51.5 Å². The quantitative estimate of drug-likeness (QED) is 0.829. The van der Waals surface area contributed by atoms with Crippen LogP contribution in [0.25, 0.3) is 0 Å². The van der Waals surface area contributed by atoms with Crippen LogP contribution in [0.3, 0.4) is 0 Å². The van der Waals surface area contributed by atoms with Gasteiger partial charge in [-0.1, -0.05) is 25.1 Å². The van der Waals surface area contributed by atoms with Crippen LogP contribution in [0.4, 0.5) is 0 Å². The Morgan fingerprint density at radius 1 is 1.28 bits per heavy atom. The molecule has 25 heavy (non-hydrogen) atoms. The summed E-state index contributed by atoms with van der Waals surface area (Å²) >= 11 is 0. The van der Waals surface area contributed by atoms with Crippen LogP contribution < -0.4 is 4.74 Å². The number of ether oxygens (including phenoxy) is 1. The van der Waals surface area contributed by atoms with Crippen LogP contribution in [0, 0.1) is 0 Å². The van der Waals surface area contributed by atoms with Gasteiger partial charge in [0.15, 0.2) is 0 Å². The van der Waals surface area contributed by atoms with Gasteiger partial charge in [0.2, 0.25) is 11.8 Å². The molecule has 5 nitrogen and oxygen atoms in total. The Morgan fingerprint density at radius 2 is 1.96 bits per heavy atom. The number of hydrogen-bond donors (Lipinski definition) is 0. The summed E-state index contributed by atoms with van der Waals surface area (Å²) in [6, 6.07) is 8.29. The Hall–Kier alpha value is -2.04. The standard InChI is InChI=1S/C20H28N2O3/c1-4-19(24)22-13-16-7-5-6-8-18(16)25-20(14-22)11-9-17(10-12-20)21(3)15(2)23/h5-8,17H,4,9-14H2,1-3H3. The maximum absolute atomic E-state index is 12.4. The second-order valence-electron chi connectivity index (χ2n) is 7.36. The fraction of sp³-hybridized carbons (Fsp3) is 0.600. The molecule has 136 valence electrons. The molecule has 1 aliphatic carbocycles. The Kier molecular flexibility index (Phi) is 5.02. The van der Waals surface area contributed by atoms with E-state index in [4.69, 9.17) is 4.74 Å². The summed E-state index contributed by atoms with van der Waals surface area (Å²) in [6.45, 7) is 4.77. The SMILES string of the molecule is CCC(=O)N1Cc2ccccc2OC2(CCC(N(C)C(C)=O)CC2)C1. The first-order valence-corrected chi connectivity index (χ1v) is 9.22. The molecule has 1 spiro atoms. The molecule has 0 unspecified atom stereocenters. The van der Waals surface area contributed by atoms with Crippen molar-refractivity contribution in [2.24, 2.45) is 0 Å². The lowest BCUT2D eigenvalue weighted by Crippen LogP contribution is -2.52. The molecule has 1 aromatic rings. The fourth-order valence-electron chi connectivity index (χ4n) is 4.04. The van der Waals surface area contributed by atoms with Crippen molar-refractivity contribution in [3.63, 3.8) is 0 Å². The lowest BCUT2D eigenvalue weighted by molar-refractivity contribution is -0.135. The molecule has 1 aromatic carbocycles. The average molecular weight is 344 g/mol. The molecule has 1 aliphatic heterocycles. The van der Waals surface area contributed by atoms with Gasteiger partial charge in [0.25, 0.3) is 0 Å². The third-order valence-corrected chi connectivity index (χ3v) is 5.71. The zero-order valence-electron chi connectivity index (χ0n) is 15.5. The number of fused-ring (bicyclic) bond motifs is 1. The molecule has 2 aliphatic rings. The van der Waals surface area contributed by atoms with Gasteiger partial charge >= 0.3 is 0 Å². The Labute approximate surface area is 149 Å². The average Bonchev–Trinajstić information content (AvgIpc) is 2.77. The van der Waals surface area contributed by atoms with Gasteiger partial charge in [0.05, 0.1) is 6.54 Å². The smallest absolute Gasteiger partial charge is 0.222 e. The van der Waals surface area contributed by atoms with Crippen molar-refractivity contribution in [3.8, 4) is 5.75 Å². The molecule has 0 N–H and O–H groups in total. The number of para-hydroxylation sites is 1. The highest BCUT2D eigenvalue weighted by Gasteiger charge is 2.42. The number of benzene rings is 1. The number of amides is 2. The summed E-state index contributed by atoms with van der Waals surface area (Å²) in [4.78, 5) is 27.9. The highest BCUT2D eigenvalue weighted by molar-refractivity contribution is 5.76. The van der Waals surface area contributed by atoms with Crippen LogP contribution in [0.15, 0.2) is 24.3 Å². The molecule has 3 rings (SSSR count). The lowest BCUT2D eigenvalue weighted by atomic mass is 9.81. The number of carbonyl (C=O) groups is 2. The number of nitrogens with zero attached hydrogens (tertiary/aromatic N) is 2. The van der Waals surface area contributed by atoms with E-state index in [0.717, 1.165) is 37.0 Å². The largest absolute Gasteiger partial charge is 0.485 e. The predicted octanol–water partition coefficient (Wildman–Crippen LogP) is 2.98. The molecule has 0 bridgehead atoms. The van der Waals surface area contributed by atoms with E-state index in [1.807, 2.05) is 48.0 Å².